The lowest BCUT2D eigenvalue weighted by Crippen LogP contribution is -2.37. The average molecular weight is 436 g/mol. The Morgan fingerprint density at radius 3 is 2.42 bits per heavy atom. The number of carbonyl (C=O) groups is 1. The molecule has 0 radical (unpaired) electrons. The molecule has 1 aromatic carbocycles. The summed E-state index contributed by atoms with van der Waals surface area (Å²) >= 11 is 0. The van der Waals surface area contributed by atoms with E-state index in [0.717, 1.165) is 11.6 Å². The first-order chi connectivity index (χ1) is 14.6. The first-order valence-electron chi connectivity index (χ1n) is 10.0. The molecule has 6 nitrogen and oxygen atoms in total. The molecular weight excluding hydrogens is 409 g/mol. The second-order valence-corrected chi connectivity index (χ2v) is 7.08. The zero-order valence-corrected chi connectivity index (χ0v) is 18.0. The fourth-order valence-electron chi connectivity index (χ4n) is 3.30. The molecule has 0 aliphatic carbocycles. The molecule has 1 unspecified atom stereocenters. The minimum Gasteiger partial charge on any atom is -0.507 e. The van der Waals surface area contributed by atoms with Crippen LogP contribution < -0.4 is 11.1 Å². The van der Waals surface area contributed by atoms with Crippen LogP contribution >= 0.6 is 0 Å². The maximum absolute atomic E-state index is 12.9. The summed E-state index contributed by atoms with van der Waals surface area (Å²) in [4.78, 5) is 19.9. The van der Waals surface area contributed by atoms with Gasteiger partial charge in [0.2, 0.25) is 5.91 Å². The van der Waals surface area contributed by atoms with Crippen LogP contribution in [0.25, 0.3) is 11.3 Å². The number of alkyl halides is 3. The summed E-state index contributed by atoms with van der Waals surface area (Å²) in [5, 5.41) is 12.9. The smallest absolute Gasteiger partial charge is 0.416 e. The van der Waals surface area contributed by atoms with Gasteiger partial charge in [0, 0.05) is 30.3 Å². The van der Waals surface area contributed by atoms with Gasteiger partial charge in [0.05, 0.1) is 17.3 Å². The number of aromatic nitrogens is 1. The Hall–Kier alpha value is -3.10. The number of anilines is 1. The molecule has 3 rings (SSSR count). The van der Waals surface area contributed by atoms with Crippen molar-refractivity contribution in [3.8, 4) is 17.0 Å². The number of aliphatic imine (C=N–C) groups is 1. The first kappa shape index (κ1) is 24.2. The molecule has 1 saturated heterocycles. The van der Waals surface area contributed by atoms with Crippen LogP contribution in [-0.4, -0.2) is 34.8 Å². The van der Waals surface area contributed by atoms with Crippen LogP contribution in [0.15, 0.2) is 23.2 Å². The number of phenolic OH excluding ortho intramolecular Hbond substituents is 1. The van der Waals surface area contributed by atoms with Gasteiger partial charge in [-0.1, -0.05) is 13.8 Å². The van der Waals surface area contributed by atoms with Crippen molar-refractivity contribution in [2.75, 3.05) is 12.3 Å². The monoisotopic (exact) mass is 436 g/mol. The number of phenols is 1. The molecule has 1 aromatic heterocycles. The molecule has 9 heteroatoms. The lowest BCUT2D eigenvalue weighted by molar-refractivity contribution is -0.137. The van der Waals surface area contributed by atoms with E-state index in [-0.39, 0.29) is 34.6 Å². The molecule has 0 spiro atoms. The van der Waals surface area contributed by atoms with Crippen molar-refractivity contribution in [3.05, 3.63) is 40.5 Å². The number of nitrogens with zero attached hydrogens (tertiary/aromatic N) is 2. The van der Waals surface area contributed by atoms with Gasteiger partial charge in [0.15, 0.2) is 0 Å². The Labute approximate surface area is 179 Å². The van der Waals surface area contributed by atoms with Crippen LogP contribution in [0.2, 0.25) is 0 Å². The number of aromatic hydroxyl groups is 1. The van der Waals surface area contributed by atoms with E-state index >= 15 is 0 Å². The van der Waals surface area contributed by atoms with Crippen molar-refractivity contribution in [2.45, 2.75) is 52.8 Å². The lowest BCUT2D eigenvalue weighted by atomic mass is 9.98. The van der Waals surface area contributed by atoms with Crippen LogP contribution in [0.3, 0.4) is 0 Å². The molecule has 2 aromatic rings. The number of nitrogen functional groups attached to an aromatic ring is 1. The maximum Gasteiger partial charge on any atom is 0.416 e. The summed E-state index contributed by atoms with van der Waals surface area (Å²) in [5.74, 6) is -0.352. The van der Waals surface area contributed by atoms with Crippen molar-refractivity contribution >= 4 is 17.9 Å². The molecule has 2 heterocycles. The van der Waals surface area contributed by atoms with E-state index in [1.807, 2.05) is 13.8 Å². The maximum atomic E-state index is 12.9. The number of benzene rings is 1. The zero-order valence-electron chi connectivity index (χ0n) is 18.0. The van der Waals surface area contributed by atoms with Crippen molar-refractivity contribution in [1.29, 1.82) is 0 Å². The Balaban J connectivity index is 0.00000166. The second-order valence-electron chi connectivity index (χ2n) is 7.08. The van der Waals surface area contributed by atoms with E-state index in [9.17, 15) is 23.1 Å². The summed E-state index contributed by atoms with van der Waals surface area (Å²) in [7, 11) is 0. The topological polar surface area (TPSA) is 101 Å². The van der Waals surface area contributed by atoms with E-state index in [1.54, 1.807) is 19.2 Å². The molecule has 1 fully saturated rings. The summed E-state index contributed by atoms with van der Waals surface area (Å²) in [5.41, 5.74) is 7.17. The minimum absolute atomic E-state index is 0.00452. The van der Waals surface area contributed by atoms with Crippen LogP contribution in [0.1, 0.15) is 48.9 Å². The second kappa shape index (κ2) is 9.80. The molecule has 4 N–H and O–H groups in total. The van der Waals surface area contributed by atoms with E-state index in [0.29, 0.717) is 31.0 Å². The quantitative estimate of drug-likeness (QED) is 0.621. The number of piperidine rings is 1. The van der Waals surface area contributed by atoms with Gasteiger partial charge in [-0.3, -0.25) is 9.79 Å². The highest BCUT2D eigenvalue weighted by Gasteiger charge is 2.32. The van der Waals surface area contributed by atoms with Crippen molar-refractivity contribution in [2.24, 2.45) is 4.99 Å². The molecule has 1 amide bonds. The molecule has 0 bridgehead atoms. The predicted octanol–water partition coefficient (Wildman–Crippen LogP) is 4.40. The molecule has 31 heavy (non-hydrogen) atoms. The number of carbonyl (C=O) groups excluding carboxylic acids is 1. The number of nitrogens with one attached hydrogen (secondary N) is 1. The molecular formula is C22H27F3N4O2. The van der Waals surface area contributed by atoms with Gasteiger partial charge >= 0.3 is 6.18 Å². The van der Waals surface area contributed by atoms with Gasteiger partial charge in [-0.2, -0.15) is 13.2 Å². The van der Waals surface area contributed by atoms with E-state index < -0.39 is 17.5 Å². The molecule has 0 saturated carbocycles. The number of nitrogens with two attached hydrogens (primary N) is 1. The Kier molecular flexibility index (Phi) is 7.65. The standard InChI is InChI=1S/C20H21F3N4O2.C2H6/c1-10-6-15(18-11(2)5-12(7-16(18)28)20(21,22)23)27-19(24)14(10)9-25-13-3-4-17(29)26-8-13;1-2/h5-7,9,13,28H,3-4,8H2,1-2H3,(H2,24,27)(H,26,29);1-2H3. The summed E-state index contributed by atoms with van der Waals surface area (Å²) in [6, 6.07) is 3.25. The summed E-state index contributed by atoms with van der Waals surface area (Å²) in [6.45, 7) is 7.71. The number of halogens is 3. The highest BCUT2D eigenvalue weighted by atomic mass is 19.4. The fraction of sp³-hybridized carbons (Fsp3) is 0.409. The van der Waals surface area contributed by atoms with Gasteiger partial charge in [-0.05, 0) is 49.6 Å². The van der Waals surface area contributed by atoms with Crippen LogP contribution in [0.5, 0.6) is 5.75 Å². The van der Waals surface area contributed by atoms with Crippen molar-refractivity contribution < 1.29 is 23.1 Å². The highest BCUT2D eigenvalue weighted by molar-refractivity contribution is 5.89. The Morgan fingerprint density at radius 2 is 1.90 bits per heavy atom. The largest absolute Gasteiger partial charge is 0.507 e. The third-order valence-corrected chi connectivity index (χ3v) is 4.85. The van der Waals surface area contributed by atoms with Gasteiger partial charge < -0.3 is 16.2 Å². The molecule has 1 aliphatic heterocycles. The number of amides is 1. The molecule has 1 atom stereocenters. The van der Waals surface area contributed by atoms with E-state index in [2.05, 4.69) is 15.3 Å². The summed E-state index contributed by atoms with van der Waals surface area (Å²) < 4.78 is 38.8. The third-order valence-electron chi connectivity index (χ3n) is 4.85. The fourth-order valence-corrected chi connectivity index (χ4v) is 3.30. The summed E-state index contributed by atoms with van der Waals surface area (Å²) in [6.07, 6.45) is -1.89. The first-order valence-corrected chi connectivity index (χ1v) is 10.0. The van der Waals surface area contributed by atoms with E-state index in [1.165, 1.54) is 6.92 Å². The van der Waals surface area contributed by atoms with E-state index in [4.69, 9.17) is 5.73 Å². The molecule has 1 aliphatic rings. The number of hydrogen-bond acceptors (Lipinski definition) is 5. The Morgan fingerprint density at radius 1 is 1.23 bits per heavy atom. The van der Waals surface area contributed by atoms with Gasteiger partial charge in [-0.15, -0.1) is 0 Å². The van der Waals surface area contributed by atoms with Crippen LogP contribution in [0, 0.1) is 13.8 Å². The minimum atomic E-state index is -4.55. The Bertz CT molecular complexity index is 931. The highest BCUT2D eigenvalue weighted by Crippen LogP contribution is 2.39. The number of pyridine rings is 1. The van der Waals surface area contributed by atoms with Crippen LogP contribution in [-0.2, 0) is 11.0 Å². The average Bonchev–Trinajstić information content (AvgIpc) is 2.69. The van der Waals surface area contributed by atoms with Crippen molar-refractivity contribution in [3.63, 3.8) is 0 Å². The van der Waals surface area contributed by atoms with Crippen LogP contribution in [0.4, 0.5) is 19.0 Å². The van der Waals surface area contributed by atoms with Gasteiger partial charge in [0.25, 0.3) is 0 Å². The van der Waals surface area contributed by atoms with Gasteiger partial charge in [0.1, 0.15) is 11.6 Å². The number of hydrogen-bond donors (Lipinski definition) is 3. The van der Waals surface area contributed by atoms with Crippen molar-refractivity contribution in [1.82, 2.24) is 10.3 Å². The molecule has 168 valence electrons. The predicted molar refractivity (Wildman–Crippen MR) is 115 cm³/mol. The zero-order chi connectivity index (χ0) is 23.3. The number of rotatable bonds is 3. The van der Waals surface area contributed by atoms with Gasteiger partial charge in [-0.25, -0.2) is 4.98 Å². The lowest BCUT2D eigenvalue weighted by Gasteiger charge is -2.19. The third kappa shape index (κ3) is 5.74. The SMILES string of the molecule is CC.Cc1cc(-c2c(C)cc(C(F)(F)F)cc2O)nc(N)c1C=NC1CCC(=O)NC1. The normalized spacial score (nSPS) is 16.6. The number of aryl methyl sites for hydroxylation is 2.